The summed E-state index contributed by atoms with van der Waals surface area (Å²) in [6.45, 7) is 1.63. The van der Waals surface area contributed by atoms with Crippen molar-refractivity contribution in [1.29, 1.82) is 0 Å². The molecule has 1 atom stereocenters. The molecular weight excluding hydrogens is 260 g/mol. The molecule has 1 heterocycles. The lowest BCUT2D eigenvalue weighted by Gasteiger charge is -2.04. The molecule has 0 bridgehead atoms. The smallest absolute Gasteiger partial charge is 0.312 e. The number of carbonyl (C=O) groups is 1. The van der Waals surface area contributed by atoms with E-state index in [0.717, 1.165) is 15.4 Å². The van der Waals surface area contributed by atoms with Crippen LogP contribution in [0.3, 0.4) is 0 Å². The second kappa shape index (κ2) is 3.66. The Morgan fingerprint density at radius 3 is 3.00 bits per heavy atom. The molecule has 0 spiro atoms. The van der Waals surface area contributed by atoms with Crippen molar-refractivity contribution >= 4 is 32.8 Å². The van der Waals surface area contributed by atoms with Gasteiger partial charge in [0.15, 0.2) is 0 Å². The van der Waals surface area contributed by atoms with Crippen molar-refractivity contribution in [2.24, 2.45) is 0 Å². The van der Waals surface area contributed by atoms with Crippen LogP contribution in [-0.2, 0) is 4.79 Å². The minimum Gasteiger partial charge on any atom is -0.481 e. The lowest BCUT2D eigenvalue weighted by Crippen LogP contribution is -2.08. The summed E-state index contributed by atoms with van der Waals surface area (Å²) in [4.78, 5) is 10.9. The van der Waals surface area contributed by atoms with Gasteiger partial charge in [0, 0.05) is 9.86 Å². The van der Waals surface area contributed by atoms with Gasteiger partial charge in [0.05, 0.1) is 17.1 Å². The van der Waals surface area contributed by atoms with Gasteiger partial charge in [-0.25, -0.2) is 0 Å². The minimum absolute atomic E-state index is 0.589. The highest BCUT2D eigenvalue weighted by Gasteiger charge is 2.20. The van der Waals surface area contributed by atoms with E-state index in [0.29, 0.717) is 5.69 Å². The summed E-state index contributed by atoms with van der Waals surface area (Å²) in [6, 6.07) is 5.58. The fourth-order valence-electron chi connectivity index (χ4n) is 1.49. The van der Waals surface area contributed by atoms with Crippen molar-refractivity contribution in [3.05, 3.63) is 28.4 Å². The topological polar surface area (TPSA) is 66.0 Å². The molecule has 2 rings (SSSR count). The van der Waals surface area contributed by atoms with Crippen molar-refractivity contribution in [3.8, 4) is 0 Å². The molecule has 0 amide bonds. The third kappa shape index (κ3) is 1.63. The fourth-order valence-corrected chi connectivity index (χ4v) is 2.06. The van der Waals surface area contributed by atoms with E-state index < -0.39 is 11.9 Å². The van der Waals surface area contributed by atoms with Crippen molar-refractivity contribution < 1.29 is 9.90 Å². The first kappa shape index (κ1) is 10.2. The van der Waals surface area contributed by atoms with E-state index in [4.69, 9.17) is 5.11 Å². The lowest BCUT2D eigenvalue weighted by atomic mass is 10.0. The van der Waals surface area contributed by atoms with Crippen LogP contribution in [0.2, 0.25) is 0 Å². The van der Waals surface area contributed by atoms with Gasteiger partial charge < -0.3 is 5.11 Å². The molecule has 0 radical (unpaired) electrons. The van der Waals surface area contributed by atoms with Gasteiger partial charge in [-0.05, 0) is 19.1 Å². The van der Waals surface area contributed by atoms with E-state index >= 15 is 0 Å². The standard InChI is InChI=1S/C10H9BrN2O2/c1-5(10(14)15)9-8-6(11)3-2-4-7(8)12-13-9/h2-5H,1H3,(H,12,13)(H,14,15). The summed E-state index contributed by atoms with van der Waals surface area (Å²) >= 11 is 3.39. The van der Waals surface area contributed by atoms with Crippen LogP contribution in [0.4, 0.5) is 0 Å². The SMILES string of the molecule is CC(C(=O)O)c1[nH]nc2cccc(Br)c12. The van der Waals surface area contributed by atoms with Crippen LogP contribution in [0, 0.1) is 0 Å². The number of nitrogens with one attached hydrogen (secondary N) is 1. The third-order valence-corrected chi connectivity index (χ3v) is 3.02. The van der Waals surface area contributed by atoms with Crippen molar-refractivity contribution in [2.45, 2.75) is 12.8 Å². The first-order valence-electron chi connectivity index (χ1n) is 4.46. The molecular formula is C10H9BrN2O2. The second-order valence-electron chi connectivity index (χ2n) is 3.33. The van der Waals surface area contributed by atoms with E-state index in [9.17, 15) is 4.79 Å². The van der Waals surface area contributed by atoms with E-state index in [-0.39, 0.29) is 0 Å². The van der Waals surface area contributed by atoms with E-state index in [1.807, 2.05) is 18.2 Å². The van der Waals surface area contributed by atoms with Gasteiger partial charge in [0.1, 0.15) is 0 Å². The number of carboxylic acid groups (broad SMARTS) is 1. The minimum atomic E-state index is -0.865. The molecule has 1 aromatic heterocycles. The molecule has 0 aliphatic rings. The second-order valence-corrected chi connectivity index (χ2v) is 4.19. The van der Waals surface area contributed by atoms with Crippen molar-refractivity contribution in [3.63, 3.8) is 0 Å². The number of carboxylic acids is 1. The lowest BCUT2D eigenvalue weighted by molar-refractivity contribution is -0.138. The zero-order valence-corrected chi connectivity index (χ0v) is 9.58. The van der Waals surface area contributed by atoms with Crippen LogP contribution in [0.25, 0.3) is 10.9 Å². The molecule has 0 saturated heterocycles. The zero-order valence-electron chi connectivity index (χ0n) is 7.99. The Kier molecular flexibility index (Phi) is 2.48. The highest BCUT2D eigenvalue weighted by atomic mass is 79.9. The van der Waals surface area contributed by atoms with Gasteiger partial charge >= 0.3 is 5.97 Å². The molecule has 1 unspecified atom stereocenters. The van der Waals surface area contributed by atoms with E-state index in [1.165, 1.54) is 0 Å². The van der Waals surface area contributed by atoms with Gasteiger partial charge in [0.25, 0.3) is 0 Å². The molecule has 0 fully saturated rings. The van der Waals surface area contributed by atoms with Crippen LogP contribution in [0.1, 0.15) is 18.5 Å². The highest BCUT2D eigenvalue weighted by molar-refractivity contribution is 9.10. The molecule has 5 heteroatoms. The van der Waals surface area contributed by atoms with Gasteiger partial charge in [0.2, 0.25) is 0 Å². The number of aromatic amines is 1. The summed E-state index contributed by atoms with van der Waals surface area (Å²) < 4.78 is 0.858. The molecule has 15 heavy (non-hydrogen) atoms. The quantitative estimate of drug-likeness (QED) is 0.880. The molecule has 0 aliphatic heterocycles. The first-order chi connectivity index (χ1) is 7.11. The van der Waals surface area contributed by atoms with Crippen LogP contribution < -0.4 is 0 Å². The number of halogens is 1. The molecule has 4 nitrogen and oxygen atoms in total. The van der Waals surface area contributed by atoms with E-state index in [2.05, 4.69) is 26.1 Å². The summed E-state index contributed by atoms with van der Waals surface area (Å²) in [5.74, 6) is -1.45. The average molecular weight is 269 g/mol. The van der Waals surface area contributed by atoms with Crippen LogP contribution in [0.5, 0.6) is 0 Å². The molecule has 1 aromatic carbocycles. The summed E-state index contributed by atoms with van der Waals surface area (Å²) in [5, 5.41) is 16.6. The van der Waals surface area contributed by atoms with Crippen LogP contribution in [0.15, 0.2) is 22.7 Å². The molecule has 2 N–H and O–H groups in total. The van der Waals surface area contributed by atoms with Crippen LogP contribution >= 0.6 is 15.9 Å². The fraction of sp³-hybridized carbons (Fsp3) is 0.200. The monoisotopic (exact) mass is 268 g/mol. The Hall–Kier alpha value is -1.36. The number of hydrogen-bond donors (Lipinski definition) is 2. The van der Waals surface area contributed by atoms with Gasteiger partial charge in [-0.3, -0.25) is 9.89 Å². The number of benzene rings is 1. The van der Waals surface area contributed by atoms with Gasteiger partial charge in [-0.1, -0.05) is 22.0 Å². The van der Waals surface area contributed by atoms with Gasteiger partial charge in [-0.15, -0.1) is 0 Å². The zero-order chi connectivity index (χ0) is 11.0. The first-order valence-corrected chi connectivity index (χ1v) is 5.26. The predicted molar refractivity (Wildman–Crippen MR) is 59.8 cm³/mol. The van der Waals surface area contributed by atoms with Gasteiger partial charge in [-0.2, -0.15) is 5.10 Å². The number of aromatic nitrogens is 2. The maximum absolute atomic E-state index is 10.9. The number of aliphatic carboxylic acids is 1. The van der Waals surface area contributed by atoms with Crippen molar-refractivity contribution in [1.82, 2.24) is 10.2 Å². The number of nitrogens with zero attached hydrogens (tertiary/aromatic N) is 1. The van der Waals surface area contributed by atoms with E-state index in [1.54, 1.807) is 6.92 Å². The number of hydrogen-bond acceptors (Lipinski definition) is 2. The summed E-state index contributed by atoms with van der Waals surface area (Å²) in [5.41, 5.74) is 1.40. The molecule has 0 saturated carbocycles. The Balaban J connectivity index is 2.67. The Bertz CT molecular complexity index is 521. The number of rotatable bonds is 2. The summed E-state index contributed by atoms with van der Waals surface area (Å²) in [6.07, 6.45) is 0. The van der Waals surface area contributed by atoms with Crippen LogP contribution in [-0.4, -0.2) is 21.3 Å². The highest BCUT2D eigenvalue weighted by Crippen LogP contribution is 2.29. The van der Waals surface area contributed by atoms with Crippen molar-refractivity contribution in [2.75, 3.05) is 0 Å². The summed E-state index contributed by atoms with van der Waals surface area (Å²) in [7, 11) is 0. The third-order valence-electron chi connectivity index (χ3n) is 2.36. The molecule has 2 aromatic rings. The maximum Gasteiger partial charge on any atom is 0.312 e. The Morgan fingerprint density at radius 2 is 2.33 bits per heavy atom. The number of fused-ring (bicyclic) bond motifs is 1. The molecule has 0 aliphatic carbocycles. The Morgan fingerprint density at radius 1 is 1.60 bits per heavy atom. The average Bonchev–Trinajstić information content (AvgIpc) is 2.61. The Labute approximate surface area is 94.4 Å². The molecule has 78 valence electrons. The largest absolute Gasteiger partial charge is 0.481 e. The normalized spacial score (nSPS) is 12.9. The maximum atomic E-state index is 10.9. The predicted octanol–water partition coefficient (Wildman–Crippen LogP) is 2.51. The number of H-pyrrole nitrogens is 1.